The summed E-state index contributed by atoms with van der Waals surface area (Å²) in [7, 11) is 4.01. The van der Waals surface area contributed by atoms with Gasteiger partial charge in [-0.15, -0.1) is 23.7 Å². The van der Waals surface area contributed by atoms with Crippen LogP contribution < -0.4 is 4.90 Å². The van der Waals surface area contributed by atoms with Crippen LogP contribution in [-0.4, -0.2) is 43.0 Å². The number of thiazole rings is 1. The van der Waals surface area contributed by atoms with Crippen LogP contribution in [0.4, 0.5) is 5.13 Å². The molecule has 27 heavy (non-hydrogen) atoms. The van der Waals surface area contributed by atoms with Gasteiger partial charge in [0, 0.05) is 18.0 Å². The zero-order valence-electron chi connectivity index (χ0n) is 15.8. The van der Waals surface area contributed by atoms with E-state index in [4.69, 9.17) is 16.6 Å². The Bertz CT molecular complexity index is 936. The fourth-order valence-corrected chi connectivity index (χ4v) is 4.79. The first kappa shape index (κ1) is 22.1. The second-order valence-corrected chi connectivity index (χ2v) is 9.39. The van der Waals surface area contributed by atoms with Gasteiger partial charge in [0.1, 0.15) is 0 Å². The summed E-state index contributed by atoms with van der Waals surface area (Å²) >= 11 is 9.04. The highest BCUT2D eigenvalue weighted by molar-refractivity contribution is 7.22. The molecule has 8 heteroatoms. The van der Waals surface area contributed by atoms with Gasteiger partial charge in [0.2, 0.25) is 5.91 Å². The average molecular weight is 444 g/mol. The number of benzene rings is 1. The van der Waals surface area contributed by atoms with Crippen LogP contribution in [0, 0.1) is 13.8 Å². The van der Waals surface area contributed by atoms with Gasteiger partial charge < -0.3 is 4.90 Å². The first-order valence-electron chi connectivity index (χ1n) is 8.41. The molecule has 0 aliphatic rings. The molecule has 0 N–H and O–H groups in total. The van der Waals surface area contributed by atoms with Crippen molar-refractivity contribution in [2.45, 2.75) is 20.3 Å². The predicted molar refractivity (Wildman–Crippen MR) is 120 cm³/mol. The van der Waals surface area contributed by atoms with Crippen molar-refractivity contribution >= 4 is 67.9 Å². The van der Waals surface area contributed by atoms with E-state index in [1.165, 1.54) is 22.5 Å². The molecule has 0 atom stereocenters. The fourth-order valence-electron chi connectivity index (χ4n) is 2.65. The number of hydrogen-bond donors (Lipinski definition) is 0. The Labute approximate surface area is 179 Å². The number of likely N-dealkylation sites (N-methyl/N-ethyl adjacent to an activating group) is 1. The summed E-state index contributed by atoms with van der Waals surface area (Å²) in [6, 6.07) is 7.95. The maximum atomic E-state index is 13.0. The van der Waals surface area contributed by atoms with Crippen molar-refractivity contribution in [3.8, 4) is 0 Å². The molecular formula is C19H23Cl2N3OS2. The summed E-state index contributed by atoms with van der Waals surface area (Å²) in [6.07, 6.45) is 0.346. The van der Waals surface area contributed by atoms with Crippen LogP contribution in [0.2, 0.25) is 4.34 Å². The molecule has 0 aliphatic heterocycles. The van der Waals surface area contributed by atoms with Gasteiger partial charge in [-0.1, -0.05) is 29.0 Å². The largest absolute Gasteiger partial charge is 0.308 e. The highest BCUT2D eigenvalue weighted by atomic mass is 35.5. The molecule has 2 aromatic heterocycles. The van der Waals surface area contributed by atoms with Crippen LogP contribution in [0.15, 0.2) is 24.3 Å². The normalized spacial score (nSPS) is 11.0. The summed E-state index contributed by atoms with van der Waals surface area (Å²) in [5.41, 5.74) is 3.38. The Balaban J connectivity index is 0.00000261. The van der Waals surface area contributed by atoms with E-state index < -0.39 is 0 Å². The minimum absolute atomic E-state index is 0. The maximum absolute atomic E-state index is 13.0. The number of anilines is 1. The van der Waals surface area contributed by atoms with Crippen molar-refractivity contribution in [1.82, 2.24) is 9.88 Å². The van der Waals surface area contributed by atoms with Crippen molar-refractivity contribution < 1.29 is 4.79 Å². The molecule has 4 nitrogen and oxygen atoms in total. The number of amides is 1. The SMILES string of the molecule is Cc1ccc2sc(N(CCN(C)C)C(=O)Cc3ccc(Cl)s3)nc2c1C.Cl. The molecule has 0 saturated heterocycles. The van der Waals surface area contributed by atoms with E-state index in [1.54, 1.807) is 11.3 Å². The molecule has 146 valence electrons. The van der Waals surface area contributed by atoms with Gasteiger partial charge in [0.25, 0.3) is 0 Å². The quantitative estimate of drug-likeness (QED) is 0.525. The molecule has 0 spiro atoms. The number of aromatic nitrogens is 1. The van der Waals surface area contributed by atoms with Crippen molar-refractivity contribution in [3.05, 3.63) is 44.6 Å². The van der Waals surface area contributed by atoms with Crippen LogP contribution in [0.25, 0.3) is 10.2 Å². The molecular weight excluding hydrogens is 421 g/mol. The van der Waals surface area contributed by atoms with Gasteiger partial charge in [-0.05, 0) is 57.3 Å². The minimum atomic E-state index is 0. The smallest absolute Gasteiger partial charge is 0.234 e. The Morgan fingerprint density at radius 1 is 1.11 bits per heavy atom. The van der Waals surface area contributed by atoms with Crippen molar-refractivity contribution in [2.75, 3.05) is 32.1 Å². The molecule has 1 amide bonds. The molecule has 2 heterocycles. The van der Waals surface area contributed by atoms with E-state index in [2.05, 4.69) is 30.9 Å². The Morgan fingerprint density at radius 3 is 2.48 bits per heavy atom. The number of carbonyl (C=O) groups is 1. The van der Waals surface area contributed by atoms with Crippen molar-refractivity contribution in [3.63, 3.8) is 0 Å². The lowest BCUT2D eigenvalue weighted by molar-refractivity contribution is -0.118. The third-order valence-corrected chi connectivity index (χ3v) is 6.61. The Hall–Kier alpha value is -1.18. The third-order valence-electron chi connectivity index (χ3n) is 4.33. The van der Waals surface area contributed by atoms with Crippen molar-refractivity contribution in [1.29, 1.82) is 0 Å². The maximum Gasteiger partial charge on any atom is 0.234 e. The average Bonchev–Trinajstić information content (AvgIpc) is 3.18. The van der Waals surface area contributed by atoms with Crippen molar-refractivity contribution in [2.24, 2.45) is 0 Å². The van der Waals surface area contributed by atoms with Gasteiger partial charge in [0.05, 0.1) is 21.0 Å². The Morgan fingerprint density at radius 2 is 1.85 bits per heavy atom. The van der Waals surface area contributed by atoms with E-state index in [0.29, 0.717) is 17.3 Å². The van der Waals surface area contributed by atoms with Gasteiger partial charge in [-0.25, -0.2) is 4.98 Å². The summed E-state index contributed by atoms with van der Waals surface area (Å²) in [6.45, 7) is 5.57. The number of carbonyl (C=O) groups excluding carboxylic acids is 1. The zero-order valence-corrected chi connectivity index (χ0v) is 19.0. The predicted octanol–water partition coefficient (Wildman–Crippen LogP) is 5.19. The molecule has 0 radical (unpaired) electrons. The number of hydrogen-bond acceptors (Lipinski definition) is 5. The van der Waals surface area contributed by atoms with Crippen LogP contribution >= 0.6 is 46.7 Å². The van der Waals surface area contributed by atoms with E-state index in [0.717, 1.165) is 26.8 Å². The highest BCUT2D eigenvalue weighted by Gasteiger charge is 2.21. The number of fused-ring (bicyclic) bond motifs is 1. The summed E-state index contributed by atoms with van der Waals surface area (Å²) in [5, 5.41) is 0.767. The zero-order chi connectivity index (χ0) is 18.8. The first-order chi connectivity index (χ1) is 12.3. The lowest BCUT2D eigenvalue weighted by atomic mass is 10.1. The number of thiophene rings is 1. The number of halogens is 2. The second-order valence-electron chi connectivity index (χ2n) is 6.58. The number of nitrogens with zero attached hydrogens (tertiary/aromatic N) is 3. The topological polar surface area (TPSA) is 36.4 Å². The fraction of sp³-hybridized carbons (Fsp3) is 0.368. The van der Waals surface area contributed by atoms with Crippen LogP contribution in [0.1, 0.15) is 16.0 Å². The minimum Gasteiger partial charge on any atom is -0.308 e. The molecule has 0 fully saturated rings. The number of aryl methyl sites for hydroxylation is 2. The second kappa shape index (κ2) is 9.34. The molecule has 1 aromatic carbocycles. The van der Waals surface area contributed by atoms with E-state index in [-0.39, 0.29) is 18.3 Å². The lowest BCUT2D eigenvalue weighted by Crippen LogP contribution is -2.37. The molecule has 0 unspecified atom stereocenters. The molecule has 0 bridgehead atoms. The lowest BCUT2D eigenvalue weighted by Gasteiger charge is -2.21. The molecule has 0 saturated carbocycles. The Kier molecular flexibility index (Phi) is 7.65. The molecule has 3 aromatic rings. The summed E-state index contributed by atoms with van der Waals surface area (Å²) in [5.74, 6) is 0.0544. The summed E-state index contributed by atoms with van der Waals surface area (Å²) in [4.78, 5) is 22.7. The van der Waals surface area contributed by atoms with E-state index >= 15 is 0 Å². The number of rotatable bonds is 6. The standard InChI is InChI=1S/C19H22ClN3OS2.ClH/c1-12-5-7-15-18(13(12)2)21-19(26-15)23(10-9-22(3)4)17(24)11-14-6-8-16(20)25-14;/h5-8H,9-11H2,1-4H3;1H. The third kappa shape index (κ3) is 5.21. The van der Waals surface area contributed by atoms with E-state index in [9.17, 15) is 4.79 Å². The molecule has 3 rings (SSSR count). The van der Waals surface area contributed by atoms with Gasteiger partial charge >= 0.3 is 0 Å². The first-order valence-corrected chi connectivity index (χ1v) is 10.4. The molecule has 0 aliphatic carbocycles. The van der Waals surface area contributed by atoms with Crippen LogP contribution in [-0.2, 0) is 11.2 Å². The van der Waals surface area contributed by atoms with Gasteiger partial charge in [0.15, 0.2) is 5.13 Å². The van der Waals surface area contributed by atoms with Gasteiger partial charge in [-0.2, -0.15) is 0 Å². The highest BCUT2D eigenvalue weighted by Crippen LogP contribution is 2.32. The monoisotopic (exact) mass is 443 g/mol. The summed E-state index contributed by atoms with van der Waals surface area (Å²) < 4.78 is 1.82. The van der Waals surface area contributed by atoms with Crippen LogP contribution in [0.5, 0.6) is 0 Å². The van der Waals surface area contributed by atoms with Gasteiger partial charge in [-0.3, -0.25) is 9.69 Å². The van der Waals surface area contributed by atoms with E-state index in [1.807, 2.05) is 31.1 Å². The van der Waals surface area contributed by atoms with Crippen LogP contribution in [0.3, 0.4) is 0 Å².